The molecule has 2 aromatic carbocycles. The highest BCUT2D eigenvalue weighted by Crippen LogP contribution is 2.24. The van der Waals surface area contributed by atoms with E-state index in [1.54, 1.807) is 24.3 Å². The Morgan fingerprint density at radius 3 is 2.55 bits per heavy atom. The van der Waals surface area contributed by atoms with Gasteiger partial charge in [0.15, 0.2) is 0 Å². The van der Waals surface area contributed by atoms with Crippen LogP contribution in [-0.2, 0) is 4.79 Å². The minimum absolute atomic E-state index is 0.184. The van der Waals surface area contributed by atoms with Crippen molar-refractivity contribution in [2.75, 3.05) is 11.1 Å². The fourth-order valence-electron chi connectivity index (χ4n) is 1.66. The summed E-state index contributed by atoms with van der Waals surface area (Å²) < 4.78 is 0.759. The Kier molecular flexibility index (Phi) is 4.58. The molecule has 0 radical (unpaired) electrons. The van der Waals surface area contributed by atoms with Crippen molar-refractivity contribution in [3.8, 4) is 0 Å². The predicted octanol–water partition coefficient (Wildman–Crippen LogP) is 3.99. The lowest BCUT2D eigenvalue weighted by molar-refractivity contribution is -0.111. The highest BCUT2D eigenvalue weighted by molar-refractivity contribution is 9.10. The van der Waals surface area contributed by atoms with Crippen molar-refractivity contribution in [2.24, 2.45) is 0 Å². The molecule has 3 nitrogen and oxygen atoms in total. The Bertz CT molecular complexity index is 648. The highest BCUT2D eigenvalue weighted by atomic mass is 79.9. The lowest BCUT2D eigenvalue weighted by Crippen LogP contribution is -2.08. The number of nitrogens with two attached hydrogens (primary N) is 1. The summed E-state index contributed by atoms with van der Waals surface area (Å²) in [6.07, 6.45) is 3.29. The van der Waals surface area contributed by atoms with E-state index in [1.165, 1.54) is 11.6 Å². The lowest BCUT2D eigenvalue weighted by atomic mass is 10.1. The van der Waals surface area contributed by atoms with Gasteiger partial charge in [-0.15, -0.1) is 0 Å². The van der Waals surface area contributed by atoms with Crippen molar-refractivity contribution >= 4 is 39.3 Å². The van der Waals surface area contributed by atoms with Gasteiger partial charge in [-0.2, -0.15) is 0 Å². The Morgan fingerprint density at radius 2 is 1.90 bits per heavy atom. The number of anilines is 2. The number of nitrogen functional groups attached to an aromatic ring is 1. The summed E-state index contributed by atoms with van der Waals surface area (Å²) in [4.78, 5) is 11.8. The van der Waals surface area contributed by atoms with Crippen LogP contribution < -0.4 is 11.1 Å². The molecule has 0 aromatic heterocycles. The van der Waals surface area contributed by atoms with Gasteiger partial charge in [-0.05, 0) is 52.7 Å². The number of rotatable bonds is 3. The van der Waals surface area contributed by atoms with Crippen LogP contribution in [0.4, 0.5) is 11.4 Å². The molecule has 2 rings (SSSR count). The zero-order valence-electron chi connectivity index (χ0n) is 11.1. The summed E-state index contributed by atoms with van der Waals surface area (Å²) in [5.74, 6) is -0.184. The molecule has 0 unspecified atom stereocenters. The highest BCUT2D eigenvalue weighted by Gasteiger charge is 2.02. The fourth-order valence-corrected chi connectivity index (χ4v) is 2.15. The van der Waals surface area contributed by atoms with Gasteiger partial charge in [0.2, 0.25) is 5.91 Å². The van der Waals surface area contributed by atoms with E-state index in [4.69, 9.17) is 5.73 Å². The number of hydrogen-bond donors (Lipinski definition) is 2. The van der Waals surface area contributed by atoms with E-state index >= 15 is 0 Å². The standard InChI is InChI=1S/C16H15BrN2O/c1-11-2-4-12(5-3-11)6-9-16(20)19-15-8-7-13(18)10-14(15)17/h2-10H,18H2,1H3,(H,19,20)/b9-6+. The first-order valence-corrected chi connectivity index (χ1v) is 6.94. The number of amides is 1. The largest absolute Gasteiger partial charge is 0.399 e. The molecule has 0 aliphatic rings. The summed E-state index contributed by atoms with van der Waals surface area (Å²) in [6.45, 7) is 2.03. The number of nitrogens with one attached hydrogen (secondary N) is 1. The molecule has 0 saturated heterocycles. The normalized spacial score (nSPS) is 10.7. The van der Waals surface area contributed by atoms with Gasteiger partial charge in [0.1, 0.15) is 0 Å². The number of benzene rings is 2. The molecule has 20 heavy (non-hydrogen) atoms. The molecule has 0 aliphatic heterocycles. The van der Waals surface area contributed by atoms with Crippen molar-refractivity contribution < 1.29 is 4.79 Å². The molecule has 3 N–H and O–H groups in total. The van der Waals surface area contributed by atoms with Gasteiger partial charge in [-0.25, -0.2) is 0 Å². The predicted molar refractivity (Wildman–Crippen MR) is 87.4 cm³/mol. The minimum Gasteiger partial charge on any atom is -0.399 e. The first-order valence-electron chi connectivity index (χ1n) is 6.15. The van der Waals surface area contributed by atoms with Crippen molar-refractivity contribution in [1.29, 1.82) is 0 Å². The van der Waals surface area contributed by atoms with Crippen LogP contribution in [0.25, 0.3) is 6.08 Å². The number of aryl methyl sites for hydroxylation is 1. The molecule has 102 valence electrons. The summed E-state index contributed by atoms with van der Waals surface area (Å²) >= 11 is 3.36. The van der Waals surface area contributed by atoms with Crippen LogP contribution in [0.5, 0.6) is 0 Å². The Morgan fingerprint density at radius 1 is 1.20 bits per heavy atom. The second-order valence-corrected chi connectivity index (χ2v) is 5.33. The quantitative estimate of drug-likeness (QED) is 0.660. The first kappa shape index (κ1) is 14.3. The third-order valence-electron chi connectivity index (χ3n) is 2.76. The van der Waals surface area contributed by atoms with Crippen LogP contribution in [0.15, 0.2) is 53.0 Å². The minimum atomic E-state index is -0.184. The molecular weight excluding hydrogens is 316 g/mol. The van der Waals surface area contributed by atoms with E-state index in [0.717, 1.165) is 10.0 Å². The van der Waals surface area contributed by atoms with Crippen LogP contribution in [0.2, 0.25) is 0 Å². The SMILES string of the molecule is Cc1ccc(/C=C/C(=O)Nc2ccc(N)cc2Br)cc1. The van der Waals surface area contributed by atoms with E-state index in [-0.39, 0.29) is 5.91 Å². The van der Waals surface area contributed by atoms with Crippen LogP contribution in [-0.4, -0.2) is 5.91 Å². The van der Waals surface area contributed by atoms with E-state index < -0.39 is 0 Å². The molecule has 4 heteroatoms. The van der Waals surface area contributed by atoms with E-state index in [2.05, 4.69) is 21.2 Å². The monoisotopic (exact) mass is 330 g/mol. The van der Waals surface area contributed by atoms with Gasteiger partial charge >= 0.3 is 0 Å². The summed E-state index contributed by atoms with van der Waals surface area (Å²) in [6, 6.07) is 13.2. The Hall–Kier alpha value is -2.07. The smallest absolute Gasteiger partial charge is 0.248 e. The molecular formula is C16H15BrN2O. The van der Waals surface area contributed by atoms with E-state index in [0.29, 0.717) is 11.4 Å². The number of hydrogen-bond acceptors (Lipinski definition) is 2. The average molecular weight is 331 g/mol. The molecule has 0 spiro atoms. The lowest BCUT2D eigenvalue weighted by Gasteiger charge is -2.05. The average Bonchev–Trinajstić information content (AvgIpc) is 2.41. The maximum absolute atomic E-state index is 11.8. The molecule has 0 atom stereocenters. The van der Waals surface area contributed by atoms with Gasteiger partial charge < -0.3 is 11.1 Å². The molecule has 0 saturated carbocycles. The van der Waals surface area contributed by atoms with Crippen LogP contribution in [0.3, 0.4) is 0 Å². The fraction of sp³-hybridized carbons (Fsp3) is 0.0625. The number of carbonyl (C=O) groups excluding carboxylic acids is 1. The number of carbonyl (C=O) groups is 1. The molecule has 0 bridgehead atoms. The number of halogens is 1. The van der Waals surface area contributed by atoms with Crippen molar-refractivity contribution in [3.05, 3.63) is 64.1 Å². The van der Waals surface area contributed by atoms with Crippen molar-refractivity contribution in [3.63, 3.8) is 0 Å². The first-order chi connectivity index (χ1) is 9.54. The van der Waals surface area contributed by atoms with E-state index in [9.17, 15) is 4.79 Å². The molecule has 0 aliphatic carbocycles. The zero-order chi connectivity index (χ0) is 14.5. The maximum atomic E-state index is 11.8. The van der Waals surface area contributed by atoms with Gasteiger partial charge in [0, 0.05) is 16.2 Å². The van der Waals surface area contributed by atoms with Crippen LogP contribution in [0.1, 0.15) is 11.1 Å². The molecule has 1 amide bonds. The molecule has 0 fully saturated rings. The topological polar surface area (TPSA) is 55.1 Å². The van der Waals surface area contributed by atoms with E-state index in [1.807, 2.05) is 31.2 Å². The molecule has 0 heterocycles. The van der Waals surface area contributed by atoms with Gasteiger partial charge in [0.25, 0.3) is 0 Å². The summed E-state index contributed by atoms with van der Waals surface area (Å²) in [5.41, 5.74) is 9.16. The second kappa shape index (κ2) is 6.39. The van der Waals surface area contributed by atoms with Gasteiger partial charge in [-0.1, -0.05) is 29.8 Å². The maximum Gasteiger partial charge on any atom is 0.248 e. The summed E-state index contributed by atoms with van der Waals surface area (Å²) in [7, 11) is 0. The third kappa shape index (κ3) is 3.96. The zero-order valence-corrected chi connectivity index (χ0v) is 12.6. The van der Waals surface area contributed by atoms with Crippen LogP contribution in [0, 0.1) is 6.92 Å². The van der Waals surface area contributed by atoms with Gasteiger partial charge in [0.05, 0.1) is 5.69 Å². The van der Waals surface area contributed by atoms with Crippen LogP contribution >= 0.6 is 15.9 Å². The van der Waals surface area contributed by atoms with Gasteiger partial charge in [-0.3, -0.25) is 4.79 Å². The Balaban J connectivity index is 2.03. The summed E-state index contributed by atoms with van der Waals surface area (Å²) in [5, 5.41) is 2.79. The van der Waals surface area contributed by atoms with Crippen molar-refractivity contribution in [2.45, 2.75) is 6.92 Å². The third-order valence-corrected chi connectivity index (χ3v) is 3.41. The second-order valence-electron chi connectivity index (χ2n) is 4.47. The molecule has 2 aromatic rings. The van der Waals surface area contributed by atoms with Crippen molar-refractivity contribution in [1.82, 2.24) is 0 Å². The Labute approximate surface area is 126 Å².